The maximum absolute atomic E-state index is 13.1. The molecule has 0 unspecified atom stereocenters. The van der Waals surface area contributed by atoms with Crippen molar-refractivity contribution in [2.75, 3.05) is 7.11 Å². The highest BCUT2D eigenvalue weighted by molar-refractivity contribution is 5.69. The summed E-state index contributed by atoms with van der Waals surface area (Å²) >= 11 is 0. The van der Waals surface area contributed by atoms with E-state index in [2.05, 4.69) is 4.74 Å². The number of carbonyl (C=O) groups is 1. The molecule has 17 heavy (non-hydrogen) atoms. The van der Waals surface area contributed by atoms with E-state index < -0.39 is 0 Å². The second-order valence-electron chi connectivity index (χ2n) is 3.99. The van der Waals surface area contributed by atoms with Gasteiger partial charge in [0.2, 0.25) is 0 Å². The summed E-state index contributed by atoms with van der Waals surface area (Å²) < 4.78 is 23.2. The molecule has 0 spiro atoms. The van der Waals surface area contributed by atoms with Crippen molar-refractivity contribution in [3.8, 4) is 5.75 Å². The summed E-state index contributed by atoms with van der Waals surface area (Å²) in [5, 5.41) is 0. The topological polar surface area (TPSA) is 35.5 Å². The monoisotopic (exact) mass is 240 g/mol. The molecule has 0 fully saturated rings. The van der Waals surface area contributed by atoms with E-state index in [0.29, 0.717) is 17.7 Å². The summed E-state index contributed by atoms with van der Waals surface area (Å²) in [4.78, 5) is 11.0. The van der Waals surface area contributed by atoms with Crippen molar-refractivity contribution in [3.05, 3.63) is 29.6 Å². The Labute approximate surface area is 101 Å². The van der Waals surface area contributed by atoms with Gasteiger partial charge in [-0.2, -0.15) is 0 Å². The molecule has 0 aliphatic rings. The number of aryl methyl sites for hydroxylation is 1. The molecule has 0 amide bonds. The minimum Gasteiger partial charge on any atom is -0.491 e. The summed E-state index contributed by atoms with van der Waals surface area (Å²) in [6, 6.07) is 4.32. The van der Waals surface area contributed by atoms with Crippen LogP contribution < -0.4 is 4.74 Å². The van der Waals surface area contributed by atoms with E-state index in [1.165, 1.54) is 19.2 Å². The van der Waals surface area contributed by atoms with Crippen LogP contribution in [0.15, 0.2) is 18.2 Å². The Morgan fingerprint density at radius 2 is 2.12 bits per heavy atom. The molecule has 0 bridgehead atoms. The van der Waals surface area contributed by atoms with E-state index in [9.17, 15) is 9.18 Å². The van der Waals surface area contributed by atoms with Gasteiger partial charge in [-0.3, -0.25) is 4.79 Å². The predicted octanol–water partition coefficient (Wildman–Crippen LogP) is 2.72. The normalized spacial score (nSPS) is 10.4. The van der Waals surface area contributed by atoms with E-state index >= 15 is 0 Å². The highest BCUT2D eigenvalue weighted by atomic mass is 19.1. The first kappa shape index (κ1) is 13.5. The van der Waals surface area contributed by atoms with Gasteiger partial charge in [0.05, 0.1) is 13.2 Å². The largest absolute Gasteiger partial charge is 0.491 e. The lowest BCUT2D eigenvalue weighted by atomic mass is 10.1. The predicted molar refractivity (Wildman–Crippen MR) is 62.5 cm³/mol. The van der Waals surface area contributed by atoms with Crippen LogP contribution >= 0.6 is 0 Å². The van der Waals surface area contributed by atoms with Crippen LogP contribution in [0.5, 0.6) is 5.75 Å². The van der Waals surface area contributed by atoms with Gasteiger partial charge in [0.1, 0.15) is 11.6 Å². The van der Waals surface area contributed by atoms with Crippen LogP contribution in [0.2, 0.25) is 0 Å². The summed E-state index contributed by atoms with van der Waals surface area (Å²) in [6.45, 7) is 3.79. The van der Waals surface area contributed by atoms with Gasteiger partial charge >= 0.3 is 5.97 Å². The first-order chi connectivity index (χ1) is 8.02. The second-order valence-corrected chi connectivity index (χ2v) is 3.99. The Morgan fingerprint density at radius 3 is 2.71 bits per heavy atom. The van der Waals surface area contributed by atoms with Crippen LogP contribution in [0.4, 0.5) is 4.39 Å². The molecule has 94 valence electrons. The molecule has 1 aromatic carbocycles. The van der Waals surface area contributed by atoms with Crippen molar-refractivity contribution in [3.63, 3.8) is 0 Å². The maximum atomic E-state index is 13.1. The number of methoxy groups -OCH3 is 1. The van der Waals surface area contributed by atoms with Crippen LogP contribution in [-0.2, 0) is 16.0 Å². The molecule has 0 radical (unpaired) electrons. The Hall–Kier alpha value is -1.58. The van der Waals surface area contributed by atoms with Crippen molar-refractivity contribution in [1.82, 2.24) is 0 Å². The molecule has 0 aromatic heterocycles. The minimum absolute atomic E-state index is 0.0114. The molecule has 0 aliphatic heterocycles. The molecule has 0 N–H and O–H groups in total. The smallest absolute Gasteiger partial charge is 0.305 e. The molecule has 3 nitrogen and oxygen atoms in total. The Balaban J connectivity index is 2.79. The number of benzene rings is 1. The summed E-state index contributed by atoms with van der Waals surface area (Å²) in [5.41, 5.74) is 0.684. The standard InChI is InChI=1S/C13H17FO3/c1-9(2)17-12-6-5-11(14)8-10(12)4-7-13(15)16-3/h5-6,8-9H,4,7H2,1-3H3. The van der Waals surface area contributed by atoms with Crippen LogP contribution in [0.3, 0.4) is 0 Å². The van der Waals surface area contributed by atoms with Crippen LogP contribution in [0, 0.1) is 5.82 Å². The van der Waals surface area contributed by atoms with E-state index in [1.807, 2.05) is 13.8 Å². The molecule has 0 saturated carbocycles. The molecular formula is C13H17FO3. The zero-order chi connectivity index (χ0) is 12.8. The number of hydrogen-bond acceptors (Lipinski definition) is 3. The van der Waals surface area contributed by atoms with Gasteiger partial charge in [-0.25, -0.2) is 4.39 Å². The van der Waals surface area contributed by atoms with Crippen molar-refractivity contribution < 1.29 is 18.7 Å². The molecular weight excluding hydrogens is 223 g/mol. The Bertz CT molecular complexity index is 388. The molecule has 0 atom stereocenters. The SMILES string of the molecule is COC(=O)CCc1cc(F)ccc1OC(C)C. The Morgan fingerprint density at radius 1 is 1.41 bits per heavy atom. The average molecular weight is 240 g/mol. The van der Waals surface area contributed by atoms with Crippen LogP contribution in [-0.4, -0.2) is 19.2 Å². The minimum atomic E-state index is -0.332. The third-order valence-electron chi connectivity index (χ3n) is 2.21. The quantitative estimate of drug-likeness (QED) is 0.742. The van der Waals surface area contributed by atoms with Crippen molar-refractivity contribution >= 4 is 5.97 Å². The third-order valence-corrected chi connectivity index (χ3v) is 2.21. The van der Waals surface area contributed by atoms with Gasteiger partial charge < -0.3 is 9.47 Å². The number of halogens is 1. The number of hydrogen-bond donors (Lipinski definition) is 0. The van der Waals surface area contributed by atoms with Gasteiger partial charge in [-0.15, -0.1) is 0 Å². The first-order valence-electron chi connectivity index (χ1n) is 5.55. The fourth-order valence-corrected chi connectivity index (χ4v) is 1.45. The van der Waals surface area contributed by atoms with Crippen molar-refractivity contribution in [1.29, 1.82) is 0 Å². The molecule has 1 aromatic rings. The van der Waals surface area contributed by atoms with Crippen molar-refractivity contribution in [2.24, 2.45) is 0 Å². The highest BCUT2D eigenvalue weighted by Gasteiger charge is 2.09. The molecule has 4 heteroatoms. The number of carbonyl (C=O) groups excluding carboxylic acids is 1. The maximum Gasteiger partial charge on any atom is 0.305 e. The lowest BCUT2D eigenvalue weighted by Gasteiger charge is -2.14. The fraction of sp³-hybridized carbons (Fsp3) is 0.462. The van der Waals surface area contributed by atoms with Crippen LogP contribution in [0.1, 0.15) is 25.8 Å². The zero-order valence-electron chi connectivity index (χ0n) is 10.3. The highest BCUT2D eigenvalue weighted by Crippen LogP contribution is 2.22. The molecule has 0 saturated heterocycles. The van der Waals surface area contributed by atoms with Gasteiger partial charge in [-0.05, 0) is 44.0 Å². The summed E-state index contributed by atoms with van der Waals surface area (Å²) in [7, 11) is 1.33. The summed E-state index contributed by atoms with van der Waals surface area (Å²) in [5.74, 6) is -0.0315. The fourth-order valence-electron chi connectivity index (χ4n) is 1.45. The number of rotatable bonds is 5. The average Bonchev–Trinajstić information content (AvgIpc) is 2.28. The Kier molecular flexibility index (Phi) is 4.94. The van der Waals surface area contributed by atoms with Gasteiger partial charge in [-0.1, -0.05) is 0 Å². The number of ether oxygens (including phenoxy) is 2. The van der Waals surface area contributed by atoms with Gasteiger partial charge in [0, 0.05) is 6.42 Å². The summed E-state index contributed by atoms with van der Waals surface area (Å²) in [6.07, 6.45) is 0.637. The lowest BCUT2D eigenvalue weighted by molar-refractivity contribution is -0.140. The first-order valence-corrected chi connectivity index (χ1v) is 5.55. The third kappa shape index (κ3) is 4.43. The van der Waals surface area contributed by atoms with Crippen LogP contribution in [0.25, 0.3) is 0 Å². The van der Waals surface area contributed by atoms with Gasteiger partial charge in [0.25, 0.3) is 0 Å². The lowest BCUT2D eigenvalue weighted by Crippen LogP contribution is -2.09. The molecule has 1 rings (SSSR count). The second kappa shape index (κ2) is 6.23. The molecule has 0 heterocycles. The van der Waals surface area contributed by atoms with E-state index in [1.54, 1.807) is 6.07 Å². The van der Waals surface area contributed by atoms with Crippen molar-refractivity contribution in [2.45, 2.75) is 32.8 Å². The van der Waals surface area contributed by atoms with E-state index in [-0.39, 0.29) is 24.3 Å². The number of esters is 1. The molecule has 0 aliphatic carbocycles. The van der Waals surface area contributed by atoms with E-state index in [0.717, 1.165) is 0 Å². The van der Waals surface area contributed by atoms with E-state index in [4.69, 9.17) is 4.74 Å². The zero-order valence-corrected chi connectivity index (χ0v) is 10.3. The van der Waals surface area contributed by atoms with Gasteiger partial charge in [0.15, 0.2) is 0 Å².